The van der Waals surface area contributed by atoms with Crippen LogP contribution in [0.4, 0.5) is 11.4 Å². The van der Waals surface area contributed by atoms with Crippen molar-refractivity contribution < 1.29 is 9.53 Å². The van der Waals surface area contributed by atoms with E-state index in [-0.39, 0.29) is 18.3 Å². The lowest BCUT2D eigenvalue weighted by Crippen LogP contribution is -2.13. The van der Waals surface area contributed by atoms with Gasteiger partial charge in [-0.1, -0.05) is 12.1 Å². The maximum Gasteiger partial charge on any atom is 0.255 e. The van der Waals surface area contributed by atoms with Crippen LogP contribution in [0.5, 0.6) is 5.75 Å². The van der Waals surface area contributed by atoms with E-state index in [0.29, 0.717) is 17.4 Å². The van der Waals surface area contributed by atoms with Crippen molar-refractivity contribution in [3.8, 4) is 5.75 Å². The average Bonchev–Trinajstić information content (AvgIpc) is 3.00. The molecule has 3 rings (SSSR count). The number of carbonyl (C=O) groups is 1. The van der Waals surface area contributed by atoms with Gasteiger partial charge in [0.05, 0.1) is 6.10 Å². The summed E-state index contributed by atoms with van der Waals surface area (Å²) >= 11 is 0. The minimum absolute atomic E-state index is 0. The van der Waals surface area contributed by atoms with Gasteiger partial charge in [-0.05, 0) is 56.0 Å². The summed E-state index contributed by atoms with van der Waals surface area (Å²) < 4.78 is 5.95. The maximum absolute atomic E-state index is 12.2. The molecule has 1 aliphatic rings. The Bertz CT molecular complexity index is 670. The van der Waals surface area contributed by atoms with E-state index in [1.54, 1.807) is 24.3 Å². The quantitative estimate of drug-likeness (QED) is 0.822. The highest BCUT2D eigenvalue weighted by Gasteiger charge is 2.16. The zero-order chi connectivity index (χ0) is 15.4. The van der Waals surface area contributed by atoms with Crippen molar-refractivity contribution in [1.29, 1.82) is 0 Å². The van der Waals surface area contributed by atoms with Gasteiger partial charge in [-0.2, -0.15) is 0 Å². The minimum Gasteiger partial charge on any atom is -0.490 e. The summed E-state index contributed by atoms with van der Waals surface area (Å²) in [4.78, 5) is 12.2. The Morgan fingerprint density at radius 1 is 1.09 bits per heavy atom. The zero-order valence-corrected chi connectivity index (χ0v) is 13.6. The molecule has 0 atom stereocenters. The topological polar surface area (TPSA) is 64.4 Å². The molecule has 0 aromatic heterocycles. The van der Waals surface area contributed by atoms with Crippen molar-refractivity contribution in [3.63, 3.8) is 0 Å². The SMILES string of the molecule is Cl.Nc1cccc(C(=O)Nc2cccc(OC3CCCC3)c2)c1. The van der Waals surface area contributed by atoms with Crippen LogP contribution in [0.25, 0.3) is 0 Å². The van der Waals surface area contributed by atoms with Crippen LogP contribution in [0.15, 0.2) is 48.5 Å². The van der Waals surface area contributed by atoms with Gasteiger partial charge < -0.3 is 15.8 Å². The van der Waals surface area contributed by atoms with Crippen LogP contribution in [-0.2, 0) is 0 Å². The predicted molar refractivity (Wildman–Crippen MR) is 95.4 cm³/mol. The first-order valence-corrected chi connectivity index (χ1v) is 7.64. The molecule has 0 bridgehead atoms. The van der Waals surface area contributed by atoms with Crippen molar-refractivity contribution in [2.45, 2.75) is 31.8 Å². The second kappa shape index (κ2) is 7.88. The highest BCUT2D eigenvalue weighted by Crippen LogP contribution is 2.26. The Labute approximate surface area is 142 Å². The molecule has 3 N–H and O–H groups in total. The first kappa shape index (κ1) is 17.2. The van der Waals surface area contributed by atoms with Crippen molar-refractivity contribution >= 4 is 29.7 Å². The second-order valence-corrected chi connectivity index (χ2v) is 5.63. The Balaban J connectivity index is 0.00000192. The number of benzene rings is 2. The van der Waals surface area contributed by atoms with Gasteiger partial charge in [0, 0.05) is 23.0 Å². The molecule has 122 valence electrons. The van der Waals surface area contributed by atoms with E-state index < -0.39 is 0 Å². The molecule has 2 aromatic carbocycles. The highest BCUT2D eigenvalue weighted by atomic mass is 35.5. The molecule has 5 heteroatoms. The Morgan fingerprint density at radius 3 is 2.57 bits per heavy atom. The van der Waals surface area contributed by atoms with E-state index >= 15 is 0 Å². The molecule has 0 unspecified atom stereocenters. The molecule has 0 heterocycles. The third kappa shape index (κ3) is 4.63. The second-order valence-electron chi connectivity index (χ2n) is 5.63. The first-order valence-electron chi connectivity index (χ1n) is 7.64. The summed E-state index contributed by atoms with van der Waals surface area (Å²) in [5.74, 6) is 0.627. The number of carbonyl (C=O) groups excluding carboxylic acids is 1. The van der Waals surface area contributed by atoms with Crippen LogP contribution < -0.4 is 15.8 Å². The standard InChI is InChI=1S/C18H20N2O2.ClH/c19-14-6-3-5-13(11-14)18(21)20-15-7-4-10-17(12-15)22-16-8-1-2-9-16;/h3-7,10-12,16H,1-2,8-9,19H2,(H,20,21);1H. The number of hydrogen-bond acceptors (Lipinski definition) is 3. The molecule has 0 aliphatic heterocycles. The Kier molecular flexibility index (Phi) is 5.88. The number of nitrogens with one attached hydrogen (secondary N) is 1. The molecular weight excluding hydrogens is 312 g/mol. The van der Waals surface area contributed by atoms with E-state index in [1.165, 1.54) is 12.8 Å². The maximum atomic E-state index is 12.2. The number of amides is 1. The van der Waals surface area contributed by atoms with Gasteiger partial charge in [-0.3, -0.25) is 4.79 Å². The van der Waals surface area contributed by atoms with Gasteiger partial charge in [0.2, 0.25) is 0 Å². The van der Waals surface area contributed by atoms with Crippen LogP contribution >= 0.6 is 12.4 Å². The van der Waals surface area contributed by atoms with Crippen LogP contribution in [0.3, 0.4) is 0 Å². The molecular formula is C18H21ClN2O2. The monoisotopic (exact) mass is 332 g/mol. The van der Waals surface area contributed by atoms with Gasteiger partial charge in [0.25, 0.3) is 5.91 Å². The number of rotatable bonds is 4. The van der Waals surface area contributed by atoms with E-state index in [4.69, 9.17) is 10.5 Å². The van der Waals surface area contributed by atoms with Gasteiger partial charge in [-0.15, -0.1) is 12.4 Å². The number of nitrogens with two attached hydrogens (primary N) is 1. The minimum atomic E-state index is -0.176. The van der Waals surface area contributed by atoms with E-state index in [1.807, 2.05) is 24.3 Å². The summed E-state index contributed by atoms with van der Waals surface area (Å²) in [6, 6.07) is 14.5. The molecule has 23 heavy (non-hydrogen) atoms. The van der Waals surface area contributed by atoms with E-state index in [0.717, 1.165) is 24.3 Å². The van der Waals surface area contributed by atoms with Gasteiger partial charge in [0.15, 0.2) is 0 Å². The van der Waals surface area contributed by atoms with Crippen molar-refractivity contribution in [1.82, 2.24) is 0 Å². The molecule has 1 saturated carbocycles. The summed E-state index contributed by atoms with van der Waals surface area (Å²) in [5, 5.41) is 2.88. The Hall–Kier alpha value is -2.20. The normalized spacial score (nSPS) is 14.1. The lowest BCUT2D eigenvalue weighted by atomic mass is 10.2. The summed E-state index contributed by atoms with van der Waals surface area (Å²) in [6.45, 7) is 0. The number of ether oxygens (including phenoxy) is 1. The summed E-state index contributed by atoms with van der Waals surface area (Å²) in [5.41, 5.74) is 7.55. The largest absolute Gasteiger partial charge is 0.490 e. The van der Waals surface area contributed by atoms with Crippen molar-refractivity contribution in [2.75, 3.05) is 11.1 Å². The highest BCUT2D eigenvalue weighted by molar-refractivity contribution is 6.04. The molecule has 1 aliphatic carbocycles. The predicted octanol–water partition coefficient (Wildman–Crippen LogP) is 4.26. The molecule has 2 aromatic rings. The number of anilines is 2. The molecule has 0 spiro atoms. The van der Waals surface area contributed by atoms with Gasteiger partial charge >= 0.3 is 0 Å². The van der Waals surface area contributed by atoms with Gasteiger partial charge in [0.1, 0.15) is 5.75 Å². The third-order valence-corrected chi connectivity index (χ3v) is 3.85. The van der Waals surface area contributed by atoms with E-state index in [2.05, 4.69) is 5.32 Å². The van der Waals surface area contributed by atoms with Crippen LogP contribution in [-0.4, -0.2) is 12.0 Å². The van der Waals surface area contributed by atoms with E-state index in [9.17, 15) is 4.79 Å². The summed E-state index contributed by atoms with van der Waals surface area (Å²) in [7, 11) is 0. The number of nitrogen functional groups attached to an aromatic ring is 1. The summed E-state index contributed by atoms with van der Waals surface area (Å²) in [6.07, 6.45) is 4.99. The fraction of sp³-hybridized carbons (Fsp3) is 0.278. The van der Waals surface area contributed by atoms with Crippen LogP contribution in [0.2, 0.25) is 0 Å². The number of hydrogen-bond donors (Lipinski definition) is 2. The molecule has 4 nitrogen and oxygen atoms in total. The zero-order valence-electron chi connectivity index (χ0n) is 12.8. The van der Waals surface area contributed by atoms with Gasteiger partial charge in [-0.25, -0.2) is 0 Å². The molecule has 0 saturated heterocycles. The van der Waals surface area contributed by atoms with Crippen molar-refractivity contribution in [2.24, 2.45) is 0 Å². The third-order valence-electron chi connectivity index (χ3n) is 3.85. The fourth-order valence-electron chi connectivity index (χ4n) is 2.73. The smallest absolute Gasteiger partial charge is 0.255 e. The van der Waals surface area contributed by atoms with Crippen LogP contribution in [0.1, 0.15) is 36.0 Å². The molecule has 1 fully saturated rings. The van der Waals surface area contributed by atoms with Crippen molar-refractivity contribution in [3.05, 3.63) is 54.1 Å². The number of halogens is 1. The van der Waals surface area contributed by atoms with Crippen LogP contribution in [0, 0.1) is 0 Å². The molecule has 0 radical (unpaired) electrons. The Morgan fingerprint density at radius 2 is 1.83 bits per heavy atom. The first-order chi connectivity index (χ1) is 10.7. The average molecular weight is 333 g/mol. The lowest BCUT2D eigenvalue weighted by Gasteiger charge is -2.14. The fourth-order valence-corrected chi connectivity index (χ4v) is 2.73. The molecule has 1 amide bonds. The lowest BCUT2D eigenvalue weighted by molar-refractivity contribution is 0.102.